The number of nitrogens with zero attached hydrogens (tertiary/aromatic N) is 2. The first-order valence-corrected chi connectivity index (χ1v) is 8.61. The van der Waals surface area contributed by atoms with Crippen LogP contribution in [-0.4, -0.2) is 20.7 Å². The lowest BCUT2D eigenvalue weighted by atomic mass is 10.0. The lowest BCUT2D eigenvalue weighted by molar-refractivity contribution is 0.0930. The van der Waals surface area contributed by atoms with Gasteiger partial charge in [0.15, 0.2) is 0 Å². The van der Waals surface area contributed by atoms with Gasteiger partial charge >= 0.3 is 0 Å². The molecule has 2 aromatic heterocycles. The molecule has 1 atom stereocenters. The molecule has 2 N–H and O–H groups in total. The Balaban J connectivity index is 1.89. The van der Waals surface area contributed by atoms with Crippen LogP contribution in [0.3, 0.4) is 0 Å². The summed E-state index contributed by atoms with van der Waals surface area (Å²) in [6.07, 6.45) is 3.57. The van der Waals surface area contributed by atoms with Gasteiger partial charge in [0.1, 0.15) is 0 Å². The van der Waals surface area contributed by atoms with Gasteiger partial charge in [-0.15, -0.1) is 0 Å². The number of amides is 1. The van der Waals surface area contributed by atoms with E-state index in [2.05, 4.69) is 15.4 Å². The highest BCUT2D eigenvalue weighted by atomic mass is 16.2. The first kappa shape index (κ1) is 17.7. The molecule has 0 radical (unpaired) electrons. The Morgan fingerprint density at radius 1 is 1.15 bits per heavy atom. The van der Waals surface area contributed by atoms with Gasteiger partial charge in [-0.05, 0) is 23.6 Å². The van der Waals surface area contributed by atoms with Crippen molar-refractivity contribution in [2.24, 2.45) is 0 Å². The second-order valence-electron chi connectivity index (χ2n) is 6.47. The molecule has 6 nitrogen and oxygen atoms in total. The molecular formula is C20H22N4O2. The van der Waals surface area contributed by atoms with Crippen LogP contribution in [0.15, 0.2) is 65.7 Å². The average molecular weight is 350 g/mol. The summed E-state index contributed by atoms with van der Waals surface area (Å²) < 4.78 is 1.79. The van der Waals surface area contributed by atoms with Crippen molar-refractivity contribution in [3.63, 3.8) is 0 Å². The molecule has 0 aliphatic rings. The SMILES string of the molecule is CC(C)c1[nH]c(=O)ccc1C(=O)NC(Cn1cccn1)c1ccccc1. The van der Waals surface area contributed by atoms with E-state index in [0.717, 1.165) is 5.56 Å². The molecule has 3 aromatic rings. The number of hydrogen-bond donors (Lipinski definition) is 2. The molecule has 0 saturated carbocycles. The van der Waals surface area contributed by atoms with E-state index in [-0.39, 0.29) is 23.4 Å². The Morgan fingerprint density at radius 3 is 2.58 bits per heavy atom. The minimum atomic E-state index is -0.240. The fraction of sp³-hybridized carbons (Fsp3) is 0.250. The number of H-pyrrole nitrogens is 1. The molecule has 0 spiro atoms. The summed E-state index contributed by atoms with van der Waals surface area (Å²) in [4.78, 5) is 27.3. The minimum absolute atomic E-state index is 0.0333. The molecule has 0 fully saturated rings. The summed E-state index contributed by atoms with van der Waals surface area (Å²) in [7, 11) is 0. The van der Waals surface area contributed by atoms with Gasteiger partial charge in [0.2, 0.25) is 5.56 Å². The van der Waals surface area contributed by atoms with Gasteiger partial charge in [-0.2, -0.15) is 5.10 Å². The van der Waals surface area contributed by atoms with E-state index in [0.29, 0.717) is 17.8 Å². The predicted octanol–water partition coefficient (Wildman–Crippen LogP) is 2.87. The fourth-order valence-corrected chi connectivity index (χ4v) is 2.90. The summed E-state index contributed by atoms with van der Waals surface area (Å²) in [6.45, 7) is 4.41. The van der Waals surface area contributed by atoms with E-state index in [1.165, 1.54) is 6.07 Å². The molecule has 6 heteroatoms. The summed E-state index contributed by atoms with van der Waals surface area (Å²) in [6, 6.07) is 14.3. The summed E-state index contributed by atoms with van der Waals surface area (Å²) in [5.41, 5.74) is 1.91. The highest BCUT2D eigenvalue weighted by molar-refractivity contribution is 5.95. The third-order valence-electron chi connectivity index (χ3n) is 4.21. The first-order chi connectivity index (χ1) is 12.5. The van der Waals surface area contributed by atoms with Crippen LogP contribution in [0.1, 0.15) is 47.4 Å². The van der Waals surface area contributed by atoms with Crippen LogP contribution < -0.4 is 10.9 Å². The van der Waals surface area contributed by atoms with E-state index in [1.54, 1.807) is 16.9 Å². The van der Waals surface area contributed by atoms with Crippen molar-refractivity contribution < 1.29 is 4.79 Å². The van der Waals surface area contributed by atoms with E-state index in [1.807, 2.05) is 56.4 Å². The molecule has 0 aliphatic carbocycles. The van der Waals surface area contributed by atoms with Gasteiger partial charge in [0, 0.05) is 24.2 Å². The molecule has 1 aromatic carbocycles. The predicted molar refractivity (Wildman–Crippen MR) is 100 cm³/mol. The number of benzene rings is 1. The van der Waals surface area contributed by atoms with Crippen LogP contribution in [0.4, 0.5) is 0 Å². The van der Waals surface area contributed by atoms with Crippen LogP contribution in [0.5, 0.6) is 0 Å². The van der Waals surface area contributed by atoms with Crippen molar-refractivity contribution in [2.45, 2.75) is 32.4 Å². The monoisotopic (exact) mass is 350 g/mol. The number of carbonyl (C=O) groups is 1. The van der Waals surface area contributed by atoms with Crippen LogP contribution in [-0.2, 0) is 6.54 Å². The van der Waals surface area contributed by atoms with Crippen molar-refractivity contribution in [3.05, 3.63) is 88.1 Å². The van der Waals surface area contributed by atoms with Crippen molar-refractivity contribution in [1.29, 1.82) is 0 Å². The third kappa shape index (κ3) is 4.08. The van der Waals surface area contributed by atoms with Crippen LogP contribution in [0, 0.1) is 0 Å². The lowest BCUT2D eigenvalue weighted by Gasteiger charge is -2.21. The zero-order valence-corrected chi connectivity index (χ0v) is 14.8. The largest absolute Gasteiger partial charge is 0.343 e. The van der Waals surface area contributed by atoms with Crippen LogP contribution >= 0.6 is 0 Å². The Morgan fingerprint density at radius 2 is 1.92 bits per heavy atom. The third-order valence-corrected chi connectivity index (χ3v) is 4.21. The van der Waals surface area contributed by atoms with Crippen LogP contribution in [0.25, 0.3) is 0 Å². The van der Waals surface area contributed by atoms with Gasteiger partial charge in [0.05, 0.1) is 18.2 Å². The van der Waals surface area contributed by atoms with E-state index in [4.69, 9.17) is 0 Å². The first-order valence-electron chi connectivity index (χ1n) is 8.61. The molecule has 0 bridgehead atoms. The maximum Gasteiger partial charge on any atom is 0.253 e. The van der Waals surface area contributed by atoms with E-state index in [9.17, 15) is 9.59 Å². The zero-order valence-electron chi connectivity index (χ0n) is 14.8. The van der Waals surface area contributed by atoms with Gasteiger partial charge in [-0.25, -0.2) is 0 Å². The highest BCUT2D eigenvalue weighted by Gasteiger charge is 2.20. The summed E-state index contributed by atoms with van der Waals surface area (Å²) >= 11 is 0. The number of nitrogens with one attached hydrogen (secondary N) is 2. The molecule has 26 heavy (non-hydrogen) atoms. The second kappa shape index (κ2) is 7.82. The molecule has 0 saturated heterocycles. The molecule has 0 aliphatic heterocycles. The van der Waals surface area contributed by atoms with Gasteiger partial charge in [-0.1, -0.05) is 44.2 Å². The van der Waals surface area contributed by atoms with E-state index < -0.39 is 0 Å². The Labute approximate surface area is 151 Å². The summed E-state index contributed by atoms with van der Waals surface area (Å²) in [5, 5.41) is 7.32. The Bertz CT molecular complexity index is 914. The summed E-state index contributed by atoms with van der Waals surface area (Å²) in [5.74, 6) is -0.183. The van der Waals surface area contributed by atoms with Crippen molar-refractivity contribution in [1.82, 2.24) is 20.1 Å². The fourth-order valence-electron chi connectivity index (χ4n) is 2.90. The van der Waals surface area contributed by atoms with Gasteiger partial charge < -0.3 is 10.3 Å². The number of rotatable bonds is 6. The normalized spacial score (nSPS) is 12.1. The molecular weight excluding hydrogens is 328 g/mol. The smallest absolute Gasteiger partial charge is 0.253 e. The molecule has 3 rings (SSSR count). The van der Waals surface area contributed by atoms with Crippen molar-refractivity contribution in [2.75, 3.05) is 0 Å². The molecule has 1 unspecified atom stereocenters. The molecule has 134 valence electrons. The van der Waals surface area contributed by atoms with E-state index >= 15 is 0 Å². The zero-order chi connectivity index (χ0) is 18.5. The standard InChI is InChI=1S/C20H22N4O2/c1-14(2)19-16(9-10-18(25)23-19)20(26)22-17(13-24-12-6-11-21-24)15-7-4-3-5-8-15/h3-12,14,17H,13H2,1-2H3,(H,22,26)(H,23,25). The van der Waals surface area contributed by atoms with Gasteiger partial charge in [-0.3, -0.25) is 14.3 Å². The number of pyridine rings is 1. The Kier molecular flexibility index (Phi) is 5.31. The second-order valence-corrected chi connectivity index (χ2v) is 6.47. The topological polar surface area (TPSA) is 79.8 Å². The maximum absolute atomic E-state index is 12.9. The number of aromatic nitrogens is 3. The van der Waals surface area contributed by atoms with Gasteiger partial charge in [0.25, 0.3) is 5.91 Å². The quantitative estimate of drug-likeness (QED) is 0.717. The maximum atomic E-state index is 12.9. The highest BCUT2D eigenvalue weighted by Crippen LogP contribution is 2.19. The van der Waals surface area contributed by atoms with Crippen LogP contribution in [0.2, 0.25) is 0 Å². The Hall–Kier alpha value is -3.15. The van der Waals surface area contributed by atoms with Crippen molar-refractivity contribution >= 4 is 5.91 Å². The number of aromatic amines is 1. The lowest BCUT2D eigenvalue weighted by Crippen LogP contribution is -2.33. The van der Waals surface area contributed by atoms with Crippen molar-refractivity contribution in [3.8, 4) is 0 Å². The minimum Gasteiger partial charge on any atom is -0.343 e. The number of carbonyl (C=O) groups excluding carboxylic acids is 1. The number of hydrogen-bond acceptors (Lipinski definition) is 3. The average Bonchev–Trinajstić information content (AvgIpc) is 3.14. The molecule has 2 heterocycles. The molecule has 1 amide bonds.